The number of carbonyl (C=O) groups is 1. The zero-order valence-electron chi connectivity index (χ0n) is 18.2. The number of aryl methyl sites for hydroxylation is 3. The maximum absolute atomic E-state index is 13.5. The zero-order chi connectivity index (χ0) is 22.2. The van der Waals surface area contributed by atoms with Gasteiger partial charge in [0, 0.05) is 30.6 Å². The van der Waals surface area contributed by atoms with Gasteiger partial charge in [-0.25, -0.2) is 19.2 Å². The molecule has 0 bridgehead atoms. The lowest BCUT2D eigenvalue weighted by molar-refractivity contribution is 0.156. The molecule has 0 saturated carbocycles. The summed E-state index contributed by atoms with van der Waals surface area (Å²) in [7, 11) is 0. The van der Waals surface area contributed by atoms with E-state index in [1.54, 1.807) is 12.2 Å². The van der Waals surface area contributed by atoms with Crippen molar-refractivity contribution in [3.05, 3.63) is 57.3 Å². The molecule has 2 aromatic heterocycles. The van der Waals surface area contributed by atoms with E-state index in [4.69, 9.17) is 9.72 Å². The van der Waals surface area contributed by atoms with E-state index in [1.807, 2.05) is 32.0 Å². The quantitative estimate of drug-likeness (QED) is 0.530. The molecule has 32 heavy (non-hydrogen) atoms. The van der Waals surface area contributed by atoms with Crippen molar-refractivity contribution in [2.45, 2.75) is 58.9 Å². The highest BCUT2D eigenvalue weighted by molar-refractivity contribution is 7.12. The summed E-state index contributed by atoms with van der Waals surface area (Å²) in [4.78, 5) is 22.6. The Morgan fingerprint density at radius 1 is 1.31 bits per heavy atom. The number of thiazole rings is 1. The van der Waals surface area contributed by atoms with E-state index < -0.39 is 12.3 Å². The van der Waals surface area contributed by atoms with Gasteiger partial charge in [-0.1, -0.05) is 11.6 Å². The molecule has 1 unspecified atom stereocenters. The van der Waals surface area contributed by atoms with Crippen LogP contribution in [0.1, 0.15) is 47.6 Å². The second-order valence-electron chi connectivity index (χ2n) is 8.34. The normalized spacial score (nSPS) is 18.2. The highest BCUT2D eigenvalue weighted by Crippen LogP contribution is 2.33. The fourth-order valence-corrected chi connectivity index (χ4v) is 5.36. The van der Waals surface area contributed by atoms with Crippen LogP contribution >= 0.6 is 11.3 Å². The minimum absolute atomic E-state index is 0.137. The van der Waals surface area contributed by atoms with E-state index in [2.05, 4.69) is 14.9 Å². The number of allylic oxidation sites excluding steroid dienone is 4. The van der Waals surface area contributed by atoms with Gasteiger partial charge < -0.3 is 9.30 Å². The van der Waals surface area contributed by atoms with Crippen LogP contribution < -0.4 is 5.32 Å². The molecule has 1 atom stereocenters. The number of aromatic nitrogens is 3. The van der Waals surface area contributed by atoms with Crippen LogP contribution in [0.5, 0.6) is 0 Å². The van der Waals surface area contributed by atoms with Gasteiger partial charge in [-0.15, -0.1) is 11.3 Å². The fourth-order valence-electron chi connectivity index (χ4n) is 4.28. The number of anilines is 1. The van der Waals surface area contributed by atoms with Crippen LogP contribution in [-0.4, -0.2) is 26.8 Å². The van der Waals surface area contributed by atoms with Crippen LogP contribution in [0, 0.1) is 6.92 Å². The first-order valence-electron chi connectivity index (χ1n) is 10.9. The van der Waals surface area contributed by atoms with E-state index in [-0.39, 0.29) is 6.61 Å². The lowest BCUT2D eigenvalue weighted by atomic mass is 9.98. The number of rotatable bonds is 4. The van der Waals surface area contributed by atoms with Gasteiger partial charge in [0.2, 0.25) is 0 Å². The van der Waals surface area contributed by atoms with Crippen molar-refractivity contribution >= 4 is 39.7 Å². The number of alkyl halides is 1. The summed E-state index contributed by atoms with van der Waals surface area (Å²) < 4.78 is 21.2. The van der Waals surface area contributed by atoms with E-state index in [0.717, 1.165) is 56.5 Å². The Morgan fingerprint density at radius 3 is 3.03 bits per heavy atom. The van der Waals surface area contributed by atoms with Gasteiger partial charge >= 0.3 is 6.09 Å². The number of amides is 1. The minimum Gasteiger partial charge on any atom is -0.444 e. The molecular formula is C24H25FN4O2S. The number of nitrogens with one attached hydrogen (secondary N) is 1. The number of carbonyl (C=O) groups excluding carboxylic acids is 1. The highest BCUT2D eigenvalue weighted by atomic mass is 32.1. The highest BCUT2D eigenvalue weighted by Gasteiger charge is 2.19. The summed E-state index contributed by atoms with van der Waals surface area (Å²) in [5.74, 6) is 1.11. The van der Waals surface area contributed by atoms with E-state index in [1.165, 1.54) is 24.2 Å². The van der Waals surface area contributed by atoms with Gasteiger partial charge in [-0.3, -0.25) is 5.32 Å². The van der Waals surface area contributed by atoms with Crippen molar-refractivity contribution in [2.75, 3.05) is 5.32 Å². The standard InChI is InChI=1S/C24H25FN4O2S/c1-14-11-16(25)6-8-18(14)23-26-15(2)21(32-23)13-31-24(30)27-17-7-9-20-19(12-17)28-22-5-3-4-10-29(20)22/h6-9,12,16H,3-5,10-11,13H2,1-2H3,(H,27,30). The van der Waals surface area contributed by atoms with Gasteiger partial charge in [0.1, 0.15) is 23.6 Å². The third-order valence-corrected chi connectivity index (χ3v) is 7.16. The van der Waals surface area contributed by atoms with Gasteiger partial charge in [0.05, 0.1) is 21.6 Å². The summed E-state index contributed by atoms with van der Waals surface area (Å²) in [5, 5.41) is 3.63. The third kappa shape index (κ3) is 4.07. The van der Waals surface area contributed by atoms with Crippen molar-refractivity contribution in [1.29, 1.82) is 0 Å². The summed E-state index contributed by atoms with van der Waals surface area (Å²) in [5.41, 5.74) is 5.41. The SMILES string of the molecule is CC1=C(c2nc(C)c(COC(=O)Nc3ccc4c(c3)nc3n4CCCC3)s2)C=CC(F)C1. The first kappa shape index (κ1) is 20.9. The van der Waals surface area contributed by atoms with Gasteiger partial charge in [0.25, 0.3) is 0 Å². The van der Waals surface area contributed by atoms with Crippen molar-refractivity contribution in [3.8, 4) is 0 Å². The molecule has 8 heteroatoms. The molecule has 3 heterocycles. The molecule has 0 saturated heterocycles. The number of ether oxygens (including phenoxy) is 1. The monoisotopic (exact) mass is 452 g/mol. The van der Waals surface area contributed by atoms with Crippen LogP contribution in [-0.2, 0) is 24.3 Å². The van der Waals surface area contributed by atoms with Crippen LogP contribution in [0.25, 0.3) is 16.6 Å². The summed E-state index contributed by atoms with van der Waals surface area (Å²) in [6, 6.07) is 5.77. The number of imidazole rings is 1. The number of fused-ring (bicyclic) bond motifs is 3. The van der Waals surface area contributed by atoms with Crippen LogP contribution in [0.4, 0.5) is 14.9 Å². The Bertz CT molecular complexity index is 1260. The van der Waals surface area contributed by atoms with Crippen molar-refractivity contribution in [2.24, 2.45) is 0 Å². The predicted molar refractivity (Wildman–Crippen MR) is 125 cm³/mol. The Hall–Kier alpha value is -3.00. The molecule has 6 nitrogen and oxygen atoms in total. The average molecular weight is 453 g/mol. The molecule has 166 valence electrons. The van der Waals surface area contributed by atoms with Gasteiger partial charge in [0.15, 0.2) is 0 Å². The average Bonchev–Trinajstić information content (AvgIpc) is 3.31. The molecule has 1 N–H and O–H groups in total. The molecule has 0 radical (unpaired) electrons. The Labute approximate surface area is 189 Å². The molecule has 1 amide bonds. The Kier molecular flexibility index (Phi) is 5.55. The molecule has 5 rings (SSSR count). The first-order valence-corrected chi connectivity index (χ1v) is 11.7. The second-order valence-corrected chi connectivity index (χ2v) is 9.43. The minimum atomic E-state index is -0.932. The fraction of sp³-hybridized carbons (Fsp3) is 0.375. The molecule has 0 spiro atoms. The number of halogens is 1. The maximum Gasteiger partial charge on any atom is 0.411 e. The molecule has 3 aromatic rings. The van der Waals surface area contributed by atoms with Crippen LogP contribution in [0.3, 0.4) is 0 Å². The summed E-state index contributed by atoms with van der Waals surface area (Å²) in [6.45, 7) is 4.96. The zero-order valence-corrected chi connectivity index (χ0v) is 19.0. The lowest BCUT2D eigenvalue weighted by Gasteiger charge is -2.13. The molecule has 0 fully saturated rings. The molecule has 2 aliphatic rings. The predicted octanol–water partition coefficient (Wildman–Crippen LogP) is 5.96. The topological polar surface area (TPSA) is 69.0 Å². The smallest absolute Gasteiger partial charge is 0.411 e. The second kappa shape index (κ2) is 8.50. The largest absolute Gasteiger partial charge is 0.444 e. The lowest BCUT2D eigenvalue weighted by Crippen LogP contribution is -2.13. The van der Waals surface area contributed by atoms with Crippen molar-refractivity contribution in [1.82, 2.24) is 14.5 Å². The van der Waals surface area contributed by atoms with E-state index in [0.29, 0.717) is 12.1 Å². The van der Waals surface area contributed by atoms with E-state index >= 15 is 0 Å². The number of benzene rings is 1. The van der Waals surface area contributed by atoms with Gasteiger partial charge in [-0.05, 0) is 51.0 Å². The number of hydrogen-bond acceptors (Lipinski definition) is 5. The maximum atomic E-state index is 13.5. The molecule has 1 aromatic carbocycles. The van der Waals surface area contributed by atoms with Gasteiger partial charge in [-0.2, -0.15) is 0 Å². The van der Waals surface area contributed by atoms with Crippen LogP contribution in [0.15, 0.2) is 35.9 Å². The molecule has 1 aliphatic heterocycles. The van der Waals surface area contributed by atoms with Crippen molar-refractivity contribution < 1.29 is 13.9 Å². The van der Waals surface area contributed by atoms with E-state index in [9.17, 15) is 9.18 Å². The van der Waals surface area contributed by atoms with Crippen molar-refractivity contribution in [3.63, 3.8) is 0 Å². The number of nitrogens with zero attached hydrogens (tertiary/aromatic N) is 3. The summed E-state index contributed by atoms with van der Waals surface area (Å²) in [6.07, 6.45) is 5.64. The molecule has 1 aliphatic carbocycles. The third-order valence-electron chi connectivity index (χ3n) is 6.00. The number of hydrogen-bond donors (Lipinski definition) is 1. The molecular weight excluding hydrogens is 427 g/mol. The summed E-state index contributed by atoms with van der Waals surface area (Å²) >= 11 is 1.48. The Balaban J connectivity index is 1.24. The van der Waals surface area contributed by atoms with Crippen LogP contribution in [0.2, 0.25) is 0 Å². The first-order chi connectivity index (χ1) is 15.5. The Morgan fingerprint density at radius 2 is 2.19 bits per heavy atom.